The minimum atomic E-state index is -4.02. The van der Waals surface area contributed by atoms with E-state index in [9.17, 15) is 25.6 Å². The van der Waals surface area contributed by atoms with Crippen LogP contribution in [0.2, 0.25) is 0 Å². The van der Waals surface area contributed by atoms with E-state index < -0.39 is 31.5 Å². The Morgan fingerprint density at radius 1 is 0.800 bits per heavy atom. The van der Waals surface area contributed by atoms with Crippen molar-refractivity contribution in [2.75, 3.05) is 6.54 Å². The second-order valence-electron chi connectivity index (χ2n) is 6.66. The number of aryl methyl sites for hydroxylation is 1. The van der Waals surface area contributed by atoms with Crippen molar-refractivity contribution in [2.24, 2.45) is 0 Å². The van der Waals surface area contributed by atoms with Crippen molar-refractivity contribution < 1.29 is 25.6 Å². The predicted molar refractivity (Wildman–Crippen MR) is 108 cm³/mol. The highest BCUT2D eigenvalue weighted by molar-refractivity contribution is 7.91. The predicted octanol–water partition coefficient (Wildman–Crippen LogP) is 3.63. The zero-order valence-corrected chi connectivity index (χ0v) is 17.6. The molecule has 3 aromatic carbocycles. The van der Waals surface area contributed by atoms with Crippen LogP contribution in [0.25, 0.3) is 0 Å². The molecule has 0 radical (unpaired) electrons. The van der Waals surface area contributed by atoms with Crippen LogP contribution >= 0.6 is 0 Å². The standard InChI is InChI=1S/C21H19F2NO4S2/c1-15-5-8-20(29(25,26)19-9-6-17(22)7-10-19)14-21(15)30(27,28)24-12-11-16-3-2-4-18(23)13-16/h2-10,13-14,24H,11-12H2,1H3. The van der Waals surface area contributed by atoms with Gasteiger partial charge in [-0.05, 0) is 73.0 Å². The number of rotatable bonds is 7. The quantitative estimate of drug-likeness (QED) is 0.557. The number of sulfone groups is 1. The van der Waals surface area contributed by atoms with Crippen molar-refractivity contribution in [3.8, 4) is 0 Å². The van der Waals surface area contributed by atoms with Gasteiger partial charge in [-0.3, -0.25) is 0 Å². The van der Waals surface area contributed by atoms with Gasteiger partial charge >= 0.3 is 0 Å². The molecule has 0 aliphatic carbocycles. The Hall–Kier alpha value is -2.62. The molecule has 0 spiro atoms. The molecule has 0 fully saturated rings. The average molecular weight is 452 g/mol. The minimum Gasteiger partial charge on any atom is -0.219 e. The van der Waals surface area contributed by atoms with E-state index >= 15 is 0 Å². The fraction of sp³-hybridized carbons (Fsp3) is 0.143. The van der Waals surface area contributed by atoms with Crippen LogP contribution in [0.5, 0.6) is 0 Å². The zero-order chi connectivity index (χ0) is 21.9. The van der Waals surface area contributed by atoms with Gasteiger partial charge in [0.25, 0.3) is 0 Å². The lowest BCUT2D eigenvalue weighted by Crippen LogP contribution is -2.27. The third-order valence-electron chi connectivity index (χ3n) is 4.48. The highest BCUT2D eigenvalue weighted by Gasteiger charge is 2.23. The molecule has 0 saturated carbocycles. The smallest absolute Gasteiger partial charge is 0.219 e. The van der Waals surface area contributed by atoms with Gasteiger partial charge < -0.3 is 0 Å². The van der Waals surface area contributed by atoms with Crippen LogP contribution in [0.1, 0.15) is 11.1 Å². The van der Waals surface area contributed by atoms with Crippen molar-refractivity contribution in [3.63, 3.8) is 0 Å². The average Bonchev–Trinajstić information content (AvgIpc) is 2.68. The Morgan fingerprint density at radius 3 is 2.13 bits per heavy atom. The van der Waals surface area contributed by atoms with Crippen molar-refractivity contribution in [1.82, 2.24) is 4.72 Å². The maximum Gasteiger partial charge on any atom is 0.240 e. The molecule has 1 N–H and O–H groups in total. The summed E-state index contributed by atoms with van der Waals surface area (Å²) in [5, 5.41) is 0. The summed E-state index contributed by atoms with van der Waals surface area (Å²) in [5.41, 5.74) is 0.994. The van der Waals surface area contributed by atoms with Crippen LogP contribution in [0, 0.1) is 18.6 Å². The molecule has 0 saturated heterocycles. The van der Waals surface area contributed by atoms with E-state index in [0.717, 1.165) is 30.3 Å². The number of halogens is 2. The zero-order valence-electron chi connectivity index (χ0n) is 16.0. The molecule has 0 aliphatic rings. The Kier molecular flexibility index (Phi) is 6.35. The molecule has 158 valence electrons. The SMILES string of the molecule is Cc1ccc(S(=O)(=O)c2ccc(F)cc2)cc1S(=O)(=O)NCCc1cccc(F)c1. The third kappa shape index (κ3) is 4.92. The lowest BCUT2D eigenvalue weighted by Gasteiger charge is -2.12. The summed E-state index contributed by atoms with van der Waals surface area (Å²) in [6.07, 6.45) is 0.267. The molecule has 0 aromatic heterocycles. The second-order valence-corrected chi connectivity index (χ2v) is 10.3. The number of nitrogens with one attached hydrogen (secondary N) is 1. The van der Waals surface area contributed by atoms with Gasteiger partial charge in [-0.25, -0.2) is 30.3 Å². The Balaban J connectivity index is 1.85. The highest BCUT2D eigenvalue weighted by atomic mass is 32.2. The van der Waals surface area contributed by atoms with E-state index in [4.69, 9.17) is 0 Å². The maximum absolute atomic E-state index is 13.2. The molecule has 9 heteroatoms. The second kappa shape index (κ2) is 8.63. The molecule has 0 aliphatic heterocycles. The number of hydrogen-bond donors (Lipinski definition) is 1. The van der Waals surface area contributed by atoms with Crippen molar-refractivity contribution in [2.45, 2.75) is 28.0 Å². The lowest BCUT2D eigenvalue weighted by atomic mass is 10.1. The molecule has 5 nitrogen and oxygen atoms in total. The Labute approximate surface area is 174 Å². The summed E-state index contributed by atoms with van der Waals surface area (Å²) in [7, 11) is -8.04. The fourth-order valence-corrected chi connectivity index (χ4v) is 5.55. The van der Waals surface area contributed by atoms with Crippen LogP contribution in [-0.4, -0.2) is 23.4 Å². The summed E-state index contributed by atoms with van der Waals surface area (Å²) in [5.74, 6) is -0.992. The van der Waals surface area contributed by atoms with Gasteiger partial charge in [-0.2, -0.15) is 0 Å². The van der Waals surface area contributed by atoms with Crippen LogP contribution in [0.3, 0.4) is 0 Å². The number of hydrogen-bond acceptors (Lipinski definition) is 4. The number of benzene rings is 3. The summed E-state index contributed by atoms with van der Waals surface area (Å²) < 4.78 is 79.8. The van der Waals surface area contributed by atoms with Gasteiger partial charge in [0.15, 0.2) is 0 Å². The van der Waals surface area contributed by atoms with E-state index in [1.807, 2.05) is 0 Å². The summed E-state index contributed by atoms with van der Waals surface area (Å²) in [6, 6.07) is 13.9. The first-order valence-electron chi connectivity index (χ1n) is 8.95. The van der Waals surface area contributed by atoms with Crippen molar-refractivity contribution in [1.29, 1.82) is 0 Å². The molecule has 30 heavy (non-hydrogen) atoms. The number of sulfonamides is 1. The fourth-order valence-electron chi connectivity index (χ4n) is 2.89. The first kappa shape index (κ1) is 22.1. The van der Waals surface area contributed by atoms with E-state index in [-0.39, 0.29) is 27.7 Å². The molecule has 0 bridgehead atoms. The van der Waals surface area contributed by atoms with E-state index in [1.165, 1.54) is 30.3 Å². The topological polar surface area (TPSA) is 80.3 Å². The Morgan fingerprint density at radius 2 is 1.47 bits per heavy atom. The van der Waals surface area contributed by atoms with E-state index in [0.29, 0.717) is 11.1 Å². The molecule has 0 heterocycles. The largest absolute Gasteiger partial charge is 0.240 e. The van der Waals surface area contributed by atoms with Gasteiger partial charge in [-0.15, -0.1) is 0 Å². The summed E-state index contributed by atoms with van der Waals surface area (Å²) >= 11 is 0. The van der Waals surface area contributed by atoms with Gasteiger partial charge in [0, 0.05) is 6.54 Å². The molecule has 3 aromatic rings. The normalized spacial score (nSPS) is 12.1. The van der Waals surface area contributed by atoms with Gasteiger partial charge in [0.1, 0.15) is 11.6 Å². The van der Waals surface area contributed by atoms with Crippen molar-refractivity contribution >= 4 is 19.9 Å². The van der Waals surface area contributed by atoms with E-state index in [1.54, 1.807) is 13.0 Å². The van der Waals surface area contributed by atoms with Gasteiger partial charge in [0.2, 0.25) is 19.9 Å². The maximum atomic E-state index is 13.2. The summed E-state index contributed by atoms with van der Waals surface area (Å²) in [6.45, 7) is 1.57. The molecule has 0 unspecified atom stereocenters. The third-order valence-corrected chi connectivity index (χ3v) is 7.85. The summed E-state index contributed by atoms with van der Waals surface area (Å²) in [4.78, 5) is -0.537. The van der Waals surface area contributed by atoms with Crippen LogP contribution in [0.15, 0.2) is 81.4 Å². The van der Waals surface area contributed by atoms with Crippen molar-refractivity contribution in [3.05, 3.63) is 89.5 Å². The lowest BCUT2D eigenvalue weighted by molar-refractivity contribution is 0.580. The van der Waals surface area contributed by atoms with E-state index in [2.05, 4.69) is 4.72 Å². The molecular formula is C21H19F2NO4S2. The van der Waals surface area contributed by atoms with Gasteiger partial charge in [-0.1, -0.05) is 18.2 Å². The molecule has 0 amide bonds. The monoisotopic (exact) mass is 451 g/mol. The Bertz CT molecular complexity index is 1270. The van der Waals surface area contributed by atoms with Crippen LogP contribution in [-0.2, 0) is 26.3 Å². The molecular weight excluding hydrogens is 432 g/mol. The minimum absolute atomic E-state index is 0.0141. The van der Waals surface area contributed by atoms with Gasteiger partial charge in [0.05, 0.1) is 14.7 Å². The first-order valence-corrected chi connectivity index (χ1v) is 11.9. The highest BCUT2D eigenvalue weighted by Crippen LogP contribution is 2.25. The van der Waals surface area contributed by atoms with Crippen LogP contribution < -0.4 is 4.72 Å². The first-order chi connectivity index (χ1) is 14.1. The van der Waals surface area contributed by atoms with Crippen LogP contribution in [0.4, 0.5) is 8.78 Å². The molecule has 3 rings (SSSR count). The molecule has 0 atom stereocenters.